The fourth-order valence-corrected chi connectivity index (χ4v) is 6.19. The number of hydrogen-bond donors (Lipinski definition) is 0. The number of carbonyl (C=O) groups is 1. The molecular weight excluding hydrogens is 376 g/mol. The largest absolute Gasteiger partial charge is 0.370 e. The Morgan fingerprint density at radius 2 is 1.81 bits per heavy atom. The molecule has 0 bridgehead atoms. The zero-order valence-electron chi connectivity index (χ0n) is 16.2. The summed E-state index contributed by atoms with van der Waals surface area (Å²) in [4.78, 5) is 15.0. The van der Waals surface area contributed by atoms with Gasteiger partial charge in [-0.3, -0.25) is 4.79 Å². The molecule has 142 valence electrons. The number of ether oxygens (including phenoxy) is 1. The van der Waals surface area contributed by atoms with E-state index in [1.54, 1.807) is 11.3 Å². The first kappa shape index (κ1) is 18.5. The Morgan fingerprint density at radius 3 is 2.52 bits per heavy atom. The smallest absolute Gasteiger partial charge is 0.166 e. The number of rotatable bonds is 7. The Morgan fingerprint density at radius 1 is 1.04 bits per heavy atom. The second-order valence-electron chi connectivity index (χ2n) is 6.81. The first-order valence-corrected chi connectivity index (χ1v) is 11.0. The van der Waals surface area contributed by atoms with E-state index >= 15 is 0 Å². The van der Waals surface area contributed by atoms with Crippen LogP contribution in [0.25, 0.3) is 20.4 Å². The van der Waals surface area contributed by atoms with Crippen LogP contribution in [0.4, 0.5) is 0 Å². The van der Waals surface area contributed by atoms with E-state index in [4.69, 9.17) is 4.74 Å². The number of carbonyl (C=O) groups excluding carboxylic acids is 1. The summed E-state index contributed by atoms with van der Waals surface area (Å²) in [6.07, 6.45) is 0.943. The third-order valence-corrected chi connectivity index (χ3v) is 7.70. The lowest BCUT2D eigenvalue weighted by Gasteiger charge is -2.08. The van der Waals surface area contributed by atoms with Crippen LogP contribution in [0.3, 0.4) is 0 Å². The van der Waals surface area contributed by atoms with Crippen LogP contribution in [0, 0.1) is 13.8 Å². The third-order valence-electron chi connectivity index (χ3n) is 5.26. The van der Waals surface area contributed by atoms with Crippen LogP contribution in [-0.2, 0) is 31.0 Å². The highest BCUT2D eigenvalue weighted by Gasteiger charge is 2.16. The predicted octanol–water partition coefficient (Wildman–Crippen LogP) is 5.90. The van der Waals surface area contributed by atoms with Crippen LogP contribution >= 0.6 is 22.7 Å². The second kappa shape index (κ2) is 7.26. The van der Waals surface area contributed by atoms with Gasteiger partial charge in [0.1, 0.15) is 9.66 Å². The highest BCUT2D eigenvalue weighted by Crippen LogP contribution is 2.34. The van der Waals surface area contributed by atoms with Gasteiger partial charge in [-0.15, -0.1) is 22.7 Å². The molecule has 0 N–H and O–H groups in total. The summed E-state index contributed by atoms with van der Waals surface area (Å²) >= 11 is 3.55. The van der Waals surface area contributed by atoms with Gasteiger partial charge in [0.05, 0.1) is 18.9 Å². The molecule has 0 saturated heterocycles. The molecule has 0 aliphatic carbocycles. The van der Waals surface area contributed by atoms with Gasteiger partial charge in [0.15, 0.2) is 6.29 Å². The summed E-state index contributed by atoms with van der Waals surface area (Å²) in [6.45, 7) is 11.5. The molecular formula is C21H24N2O2S2. The Bertz CT molecular complexity index is 1130. The van der Waals surface area contributed by atoms with Gasteiger partial charge in [0.2, 0.25) is 0 Å². The van der Waals surface area contributed by atoms with Gasteiger partial charge < -0.3 is 13.9 Å². The summed E-state index contributed by atoms with van der Waals surface area (Å²) in [5.41, 5.74) is 4.56. The van der Waals surface area contributed by atoms with Gasteiger partial charge in [-0.25, -0.2) is 0 Å². The van der Waals surface area contributed by atoms with Crippen molar-refractivity contribution in [2.75, 3.05) is 0 Å². The summed E-state index contributed by atoms with van der Waals surface area (Å²) in [6, 6.07) is 4.27. The van der Waals surface area contributed by atoms with Crippen LogP contribution in [0.15, 0.2) is 17.5 Å². The summed E-state index contributed by atoms with van der Waals surface area (Å²) in [7, 11) is 0. The van der Waals surface area contributed by atoms with Crippen LogP contribution in [0.2, 0.25) is 0 Å². The first-order chi connectivity index (χ1) is 13.1. The Balaban J connectivity index is 1.55. The molecule has 6 heteroatoms. The van der Waals surface area contributed by atoms with E-state index < -0.39 is 0 Å². The minimum atomic E-state index is 0.604. The molecule has 4 aromatic heterocycles. The monoisotopic (exact) mass is 400 g/mol. The molecule has 0 unspecified atom stereocenters. The molecule has 0 aliphatic heterocycles. The van der Waals surface area contributed by atoms with E-state index in [-0.39, 0.29) is 0 Å². The highest BCUT2D eigenvalue weighted by molar-refractivity contribution is 7.19. The topological polar surface area (TPSA) is 36.2 Å². The van der Waals surface area contributed by atoms with Crippen LogP contribution < -0.4 is 0 Å². The number of aldehydes is 1. The maximum absolute atomic E-state index is 11.3. The normalized spacial score (nSPS) is 11.9. The van der Waals surface area contributed by atoms with Crippen LogP contribution in [0.5, 0.6) is 0 Å². The summed E-state index contributed by atoms with van der Waals surface area (Å²) < 4.78 is 10.6. The van der Waals surface area contributed by atoms with E-state index in [9.17, 15) is 4.79 Å². The lowest BCUT2D eigenvalue weighted by atomic mass is 10.2. The minimum Gasteiger partial charge on any atom is -0.370 e. The van der Waals surface area contributed by atoms with Crippen molar-refractivity contribution >= 4 is 49.4 Å². The zero-order chi connectivity index (χ0) is 19.1. The maximum atomic E-state index is 11.3. The van der Waals surface area contributed by atoms with E-state index in [1.807, 2.05) is 17.4 Å². The molecule has 0 atom stereocenters. The molecule has 4 rings (SSSR count). The molecule has 4 heterocycles. The average molecular weight is 401 g/mol. The van der Waals surface area contributed by atoms with E-state index in [1.165, 1.54) is 42.1 Å². The molecule has 0 aliphatic rings. The Kier molecular flexibility index (Phi) is 4.97. The number of aryl methyl sites for hydroxylation is 4. The zero-order valence-corrected chi connectivity index (χ0v) is 17.8. The average Bonchev–Trinajstić information content (AvgIpc) is 3.38. The summed E-state index contributed by atoms with van der Waals surface area (Å²) in [5, 5.41) is 4.74. The van der Waals surface area contributed by atoms with E-state index in [2.05, 4.69) is 48.3 Å². The molecule has 0 radical (unpaired) electrons. The fourth-order valence-electron chi connectivity index (χ4n) is 3.75. The SMILES string of the molecule is CCn1c(C=O)cc2c(C)c(COCc3cc4c(C)csc4n3CC)sc21. The summed E-state index contributed by atoms with van der Waals surface area (Å²) in [5.74, 6) is 0. The molecule has 4 nitrogen and oxygen atoms in total. The van der Waals surface area contributed by atoms with Crippen molar-refractivity contribution in [1.29, 1.82) is 0 Å². The van der Waals surface area contributed by atoms with Crippen molar-refractivity contribution in [3.05, 3.63) is 44.9 Å². The van der Waals surface area contributed by atoms with Crippen molar-refractivity contribution < 1.29 is 9.53 Å². The molecule has 0 aromatic carbocycles. The van der Waals surface area contributed by atoms with Crippen molar-refractivity contribution in [1.82, 2.24) is 9.13 Å². The lowest BCUT2D eigenvalue weighted by molar-refractivity contribution is 0.104. The first-order valence-electron chi connectivity index (χ1n) is 9.29. The Hall–Kier alpha value is -1.89. The highest BCUT2D eigenvalue weighted by atomic mass is 32.1. The lowest BCUT2D eigenvalue weighted by Crippen LogP contribution is -2.02. The molecule has 0 fully saturated rings. The second-order valence-corrected chi connectivity index (χ2v) is 8.75. The van der Waals surface area contributed by atoms with E-state index in [0.717, 1.165) is 25.1 Å². The van der Waals surface area contributed by atoms with Gasteiger partial charge >= 0.3 is 0 Å². The molecule has 0 spiro atoms. The van der Waals surface area contributed by atoms with Gasteiger partial charge in [-0.2, -0.15) is 0 Å². The number of thiophene rings is 2. The van der Waals surface area contributed by atoms with E-state index in [0.29, 0.717) is 13.2 Å². The quantitative estimate of drug-likeness (QED) is 0.362. The van der Waals surface area contributed by atoms with Crippen molar-refractivity contribution in [2.24, 2.45) is 0 Å². The van der Waals surface area contributed by atoms with Crippen molar-refractivity contribution in [2.45, 2.75) is 54.0 Å². The van der Waals surface area contributed by atoms with Gasteiger partial charge in [-0.1, -0.05) is 0 Å². The number of hydrogen-bond acceptors (Lipinski definition) is 4. The van der Waals surface area contributed by atoms with Crippen molar-refractivity contribution in [3.8, 4) is 0 Å². The molecule has 4 aromatic rings. The van der Waals surface area contributed by atoms with Crippen molar-refractivity contribution in [3.63, 3.8) is 0 Å². The Labute approximate surface area is 167 Å². The van der Waals surface area contributed by atoms with Gasteiger partial charge in [0, 0.05) is 34.4 Å². The molecule has 27 heavy (non-hydrogen) atoms. The maximum Gasteiger partial charge on any atom is 0.166 e. The number of fused-ring (bicyclic) bond motifs is 2. The fraction of sp³-hybridized carbons (Fsp3) is 0.381. The number of aromatic nitrogens is 2. The predicted molar refractivity (Wildman–Crippen MR) is 114 cm³/mol. The van der Waals surface area contributed by atoms with Gasteiger partial charge in [0.25, 0.3) is 0 Å². The third kappa shape index (κ3) is 2.96. The standard InChI is InChI=1S/C21H24N2O2S2/c1-5-22-15(9-24)7-18-14(4)19(27-21(18)22)11-25-10-16-8-17-13(3)12-26-20(17)23(16)6-2/h7-9,12H,5-6,10-11H2,1-4H3. The molecule has 0 amide bonds. The molecule has 0 saturated carbocycles. The van der Waals surface area contributed by atoms with Crippen LogP contribution in [-0.4, -0.2) is 15.4 Å². The van der Waals surface area contributed by atoms with Gasteiger partial charge in [-0.05, 0) is 56.3 Å². The minimum absolute atomic E-state index is 0.604. The number of nitrogens with zero attached hydrogens (tertiary/aromatic N) is 2. The van der Waals surface area contributed by atoms with Crippen LogP contribution in [0.1, 0.15) is 46.0 Å².